The number of methoxy groups -OCH3 is 1. The Labute approximate surface area is 236 Å². The zero-order valence-corrected chi connectivity index (χ0v) is 23.7. The van der Waals surface area contributed by atoms with E-state index in [0.29, 0.717) is 13.2 Å². The Kier molecular flexibility index (Phi) is 11.8. The van der Waals surface area contributed by atoms with Gasteiger partial charge in [-0.25, -0.2) is 0 Å². The van der Waals surface area contributed by atoms with Crippen LogP contribution in [0.4, 0.5) is 5.69 Å². The average molecular weight is 557 g/mol. The fourth-order valence-electron chi connectivity index (χ4n) is 4.67. The molecule has 1 aliphatic heterocycles. The summed E-state index contributed by atoms with van der Waals surface area (Å²) in [6.45, 7) is 4.74. The lowest BCUT2D eigenvalue weighted by molar-refractivity contribution is -0.116. The topological polar surface area (TPSA) is 62.2 Å². The zero-order valence-electron chi connectivity index (χ0n) is 22.0. The number of thioether (sulfide) groups is 1. The minimum Gasteiger partial charge on any atom is -0.497 e. The van der Waals surface area contributed by atoms with Crippen molar-refractivity contribution in [3.05, 3.63) is 83.9 Å². The highest BCUT2D eigenvalue weighted by molar-refractivity contribution is 8.00. The van der Waals surface area contributed by atoms with Crippen molar-refractivity contribution in [2.45, 2.75) is 36.5 Å². The minimum atomic E-state index is -0.219. The molecule has 0 aromatic heterocycles. The van der Waals surface area contributed by atoms with Gasteiger partial charge in [-0.05, 0) is 61.7 Å². The average Bonchev–Trinajstić information content (AvgIpc) is 3.31. The van der Waals surface area contributed by atoms with Gasteiger partial charge < -0.3 is 19.5 Å². The summed E-state index contributed by atoms with van der Waals surface area (Å²) in [5, 5.41) is 9.30. The molecule has 1 aliphatic rings. The van der Waals surface area contributed by atoms with Crippen LogP contribution >= 0.6 is 24.2 Å². The molecular weight excluding hydrogens is 520 g/mol. The SMILES string of the molecule is COc1ccc(OCCCN(CCO)CCCc2ccccc2)c(C2Sc3ccccc3N2C(C)=O)c1.Cl. The van der Waals surface area contributed by atoms with Crippen LogP contribution in [0.1, 0.15) is 36.3 Å². The van der Waals surface area contributed by atoms with Crippen molar-refractivity contribution in [3.8, 4) is 11.5 Å². The van der Waals surface area contributed by atoms with Crippen molar-refractivity contribution in [2.75, 3.05) is 44.9 Å². The number of aliphatic hydroxyl groups excluding tert-OH is 1. The van der Waals surface area contributed by atoms with Crippen molar-refractivity contribution >= 4 is 35.8 Å². The van der Waals surface area contributed by atoms with Crippen molar-refractivity contribution in [3.63, 3.8) is 0 Å². The van der Waals surface area contributed by atoms with Gasteiger partial charge in [0.05, 0.1) is 26.0 Å². The van der Waals surface area contributed by atoms with Crippen molar-refractivity contribution in [1.82, 2.24) is 4.90 Å². The predicted molar refractivity (Wildman–Crippen MR) is 157 cm³/mol. The van der Waals surface area contributed by atoms with E-state index in [1.807, 2.05) is 53.4 Å². The highest BCUT2D eigenvalue weighted by Gasteiger charge is 2.35. The number of benzene rings is 3. The molecule has 0 fully saturated rings. The van der Waals surface area contributed by atoms with Crippen LogP contribution in [-0.4, -0.2) is 55.9 Å². The number of ether oxygens (including phenoxy) is 2. The van der Waals surface area contributed by atoms with E-state index in [9.17, 15) is 9.90 Å². The molecule has 0 saturated heterocycles. The summed E-state index contributed by atoms with van der Waals surface area (Å²) in [6, 6.07) is 24.3. The van der Waals surface area contributed by atoms with E-state index in [4.69, 9.17) is 9.47 Å². The van der Waals surface area contributed by atoms with Gasteiger partial charge in [-0.3, -0.25) is 9.69 Å². The van der Waals surface area contributed by atoms with E-state index in [2.05, 4.69) is 29.2 Å². The number of carbonyl (C=O) groups excluding carboxylic acids is 1. The lowest BCUT2D eigenvalue weighted by Gasteiger charge is -2.26. The van der Waals surface area contributed by atoms with Gasteiger partial charge in [0.1, 0.15) is 16.9 Å². The number of rotatable bonds is 13. The maximum absolute atomic E-state index is 12.6. The summed E-state index contributed by atoms with van der Waals surface area (Å²) in [5.74, 6) is 1.48. The van der Waals surface area contributed by atoms with Crippen LogP contribution < -0.4 is 14.4 Å². The van der Waals surface area contributed by atoms with Crippen LogP contribution in [0.3, 0.4) is 0 Å². The number of carbonyl (C=O) groups is 1. The summed E-state index contributed by atoms with van der Waals surface area (Å²) in [5.41, 5.74) is 3.19. The highest BCUT2D eigenvalue weighted by Crippen LogP contribution is 2.53. The first-order chi connectivity index (χ1) is 18.1. The highest BCUT2D eigenvalue weighted by atomic mass is 35.5. The van der Waals surface area contributed by atoms with Gasteiger partial charge >= 0.3 is 0 Å². The first-order valence-electron chi connectivity index (χ1n) is 12.8. The Balaban J connectivity index is 0.00000400. The predicted octanol–water partition coefficient (Wildman–Crippen LogP) is 5.97. The minimum absolute atomic E-state index is 0. The van der Waals surface area contributed by atoms with Crippen molar-refractivity contribution in [1.29, 1.82) is 0 Å². The van der Waals surface area contributed by atoms with Gasteiger partial charge in [-0.2, -0.15) is 0 Å². The maximum Gasteiger partial charge on any atom is 0.225 e. The Morgan fingerprint density at radius 1 is 1.00 bits per heavy atom. The summed E-state index contributed by atoms with van der Waals surface area (Å²) in [4.78, 5) is 17.8. The van der Waals surface area contributed by atoms with Crippen molar-refractivity contribution in [2.24, 2.45) is 0 Å². The number of fused-ring (bicyclic) bond motifs is 1. The molecule has 1 amide bonds. The number of hydrogen-bond donors (Lipinski definition) is 1. The van der Waals surface area contributed by atoms with Gasteiger partial charge in [0.25, 0.3) is 0 Å². The third kappa shape index (κ3) is 7.67. The number of nitrogens with zero attached hydrogens (tertiary/aromatic N) is 2. The summed E-state index contributed by atoms with van der Waals surface area (Å²) in [6.07, 6.45) is 2.92. The molecule has 0 spiro atoms. The molecule has 6 nitrogen and oxygen atoms in total. The molecule has 0 radical (unpaired) electrons. The zero-order chi connectivity index (χ0) is 26.0. The normalized spacial score (nSPS) is 14.2. The van der Waals surface area contributed by atoms with E-state index in [1.54, 1.807) is 25.8 Å². The molecule has 1 N–H and O–H groups in total. The molecule has 0 saturated carbocycles. The van der Waals surface area contributed by atoms with Crippen LogP contribution in [-0.2, 0) is 11.2 Å². The smallest absolute Gasteiger partial charge is 0.225 e. The standard InChI is InChI=1S/C30H36N2O4S.ClH/c1-23(34)32-27-13-6-7-14-29(27)37-30(32)26-22-25(35-2)15-16-28(26)36-21-9-18-31(19-20-33)17-8-12-24-10-4-3-5-11-24;/h3-7,10-11,13-16,22,30,33H,8-9,12,17-21H2,1-2H3;1H. The maximum atomic E-state index is 12.6. The van der Waals surface area contributed by atoms with Gasteiger partial charge in [0.2, 0.25) is 5.91 Å². The van der Waals surface area contributed by atoms with Crippen molar-refractivity contribution < 1.29 is 19.4 Å². The van der Waals surface area contributed by atoms with Crippen LogP contribution in [0, 0.1) is 0 Å². The van der Waals surface area contributed by atoms with Gasteiger partial charge in [-0.1, -0.05) is 54.2 Å². The Morgan fingerprint density at radius 2 is 1.74 bits per heavy atom. The van der Waals surface area contributed by atoms with E-state index in [1.165, 1.54) is 5.56 Å². The van der Waals surface area contributed by atoms with E-state index < -0.39 is 0 Å². The van der Waals surface area contributed by atoms with Gasteiger partial charge in [0.15, 0.2) is 0 Å². The lowest BCUT2D eigenvalue weighted by atomic mass is 10.1. The largest absolute Gasteiger partial charge is 0.497 e. The molecule has 38 heavy (non-hydrogen) atoms. The molecule has 3 aromatic carbocycles. The van der Waals surface area contributed by atoms with E-state index in [0.717, 1.165) is 60.0 Å². The van der Waals surface area contributed by atoms with Crippen LogP contribution in [0.15, 0.2) is 77.7 Å². The van der Waals surface area contributed by atoms with E-state index >= 15 is 0 Å². The fraction of sp³-hybridized carbons (Fsp3) is 0.367. The second-order valence-electron chi connectivity index (χ2n) is 9.09. The molecular formula is C30H37ClN2O4S. The quantitative estimate of drug-likeness (QED) is 0.262. The Hall–Kier alpha value is -2.71. The molecule has 1 atom stereocenters. The molecule has 8 heteroatoms. The summed E-state index contributed by atoms with van der Waals surface area (Å²) in [7, 11) is 1.65. The molecule has 204 valence electrons. The Bertz CT molecular complexity index is 1160. The van der Waals surface area contributed by atoms with Gasteiger partial charge in [-0.15, -0.1) is 12.4 Å². The number of para-hydroxylation sites is 1. The number of aryl methyl sites for hydroxylation is 1. The number of aliphatic hydroxyl groups is 1. The van der Waals surface area contributed by atoms with Crippen LogP contribution in [0.2, 0.25) is 0 Å². The van der Waals surface area contributed by atoms with Gasteiger partial charge in [0, 0.05) is 30.5 Å². The number of hydrogen-bond acceptors (Lipinski definition) is 6. The third-order valence-corrected chi connectivity index (χ3v) is 7.78. The monoisotopic (exact) mass is 556 g/mol. The summed E-state index contributed by atoms with van der Waals surface area (Å²) >= 11 is 1.65. The second-order valence-corrected chi connectivity index (χ2v) is 10.2. The molecule has 1 heterocycles. The lowest BCUT2D eigenvalue weighted by Crippen LogP contribution is -2.30. The first-order valence-corrected chi connectivity index (χ1v) is 13.7. The third-order valence-electron chi connectivity index (χ3n) is 6.50. The number of halogens is 1. The fourth-order valence-corrected chi connectivity index (χ4v) is 6.03. The molecule has 0 aliphatic carbocycles. The second kappa shape index (κ2) is 15.0. The number of amides is 1. The Morgan fingerprint density at radius 3 is 2.47 bits per heavy atom. The number of anilines is 1. The molecule has 1 unspecified atom stereocenters. The van der Waals surface area contributed by atoms with Crippen LogP contribution in [0.5, 0.6) is 11.5 Å². The first kappa shape index (κ1) is 29.8. The molecule has 0 bridgehead atoms. The molecule has 4 rings (SSSR count). The van der Waals surface area contributed by atoms with E-state index in [-0.39, 0.29) is 30.3 Å². The van der Waals surface area contributed by atoms with Crippen LogP contribution in [0.25, 0.3) is 0 Å². The summed E-state index contributed by atoms with van der Waals surface area (Å²) < 4.78 is 11.8. The molecule has 3 aromatic rings.